The minimum atomic E-state index is -0.284. The predicted molar refractivity (Wildman–Crippen MR) is 122 cm³/mol. The van der Waals surface area contributed by atoms with Crippen LogP contribution in [0.3, 0.4) is 0 Å². The van der Waals surface area contributed by atoms with Crippen LogP contribution in [0.5, 0.6) is 5.75 Å². The van der Waals surface area contributed by atoms with Crippen LogP contribution in [0.1, 0.15) is 50.3 Å². The van der Waals surface area contributed by atoms with E-state index in [4.69, 9.17) is 9.73 Å². The Morgan fingerprint density at radius 1 is 1.21 bits per heavy atom. The van der Waals surface area contributed by atoms with Gasteiger partial charge >= 0.3 is 0 Å². The molecule has 2 aromatic carbocycles. The van der Waals surface area contributed by atoms with E-state index in [1.54, 1.807) is 11.8 Å². The zero-order chi connectivity index (χ0) is 21.0. The number of carbonyl (C=O) groups excluding carboxylic acids is 1. The molecule has 1 fully saturated rings. The van der Waals surface area contributed by atoms with Crippen LogP contribution in [0.25, 0.3) is 0 Å². The molecule has 0 spiro atoms. The van der Waals surface area contributed by atoms with Crippen molar-refractivity contribution in [2.45, 2.75) is 52.6 Å². The third-order valence-electron chi connectivity index (χ3n) is 4.98. The molecule has 4 nitrogen and oxygen atoms in total. The molecule has 0 aromatic heterocycles. The maximum Gasteiger partial charge on any atom is 0.266 e. The summed E-state index contributed by atoms with van der Waals surface area (Å²) < 4.78 is 6.00. The van der Waals surface area contributed by atoms with Crippen LogP contribution in [0, 0.1) is 6.92 Å². The van der Waals surface area contributed by atoms with E-state index >= 15 is 0 Å². The highest BCUT2D eigenvalue weighted by molar-refractivity contribution is 8.14. The molecule has 0 bridgehead atoms. The number of amidine groups is 1. The van der Waals surface area contributed by atoms with E-state index in [2.05, 4.69) is 52.0 Å². The SMILES string of the molecule is Cc1ccc(C(C)C)c(OCC(=O)N2C(=NCc3ccccc3)SCC2(C)C)c1. The normalized spacial score (nSPS) is 17.2. The average Bonchev–Trinajstić information content (AvgIpc) is 2.99. The summed E-state index contributed by atoms with van der Waals surface area (Å²) in [7, 11) is 0. The Morgan fingerprint density at radius 2 is 1.93 bits per heavy atom. The Balaban J connectivity index is 1.74. The lowest BCUT2D eigenvalue weighted by Crippen LogP contribution is -2.48. The van der Waals surface area contributed by atoms with Gasteiger partial charge in [0.05, 0.1) is 12.1 Å². The molecular weight excluding hydrogens is 380 g/mol. The van der Waals surface area contributed by atoms with Gasteiger partial charge in [-0.2, -0.15) is 0 Å². The van der Waals surface area contributed by atoms with Gasteiger partial charge in [-0.3, -0.25) is 14.7 Å². The second-order valence-electron chi connectivity index (χ2n) is 8.40. The van der Waals surface area contributed by atoms with Crippen LogP contribution in [0.2, 0.25) is 0 Å². The predicted octanol–water partition coefficient (Wildman–Crippen LogP) is 5.41. The second kappa shape index (κ2) is 9.04. The van der Waals surface area contributed by atoms with Crippen molar-refractivity contribution < 1.29 is 9.53 Å². The molecule has 29 heavy (non-hydrogen) atoms. The topological polar surface area (TPSA) is 41.9 Å². The fourth-order valence-corrected chi connectivity index (χ4v) is 4.63. The molecule has 3 rings (SSSR count). The van der Waals surface area contributed by atoms with Crippen LogP contribution in [-0.2, 0) is 11.3 Å². The lowest BCUT2D eigenvalue weighted by Gasteiger charge is -2.30. The Hall–Kier alpha value is -2.27. The largest absolute Gasteiger partial charge is 0.483 e. The molecule has 1 aliphatic rings. The number of hydrogen-bond donors (Lipinski definition) is 0. The fraction of sp³-hybridized carbons (Fsp3) is 0.417. The third kappa shape index (κ3) is 5.21. The quantitative estimate of drug-likeness (QED) is 0.640. The first-order chi connectivity index (χ1) is 13.8. The summed E-state index contributed by atoms with van der Waals surface area (Å²) in [5.74, 6) is 1.90. The van der Waals surface area contributed by atoms with Gasteiger partial charge < -0.3 is 4.74 Å². The van der Waals surface area contributed by atoms with Crippen LogP contribution < -0.4 is 4.74 Å². The summed E-state index contributed by atoms with van der Waals surface area (Å²) >= 11 is 1.64. The summed E-state index contributed by atoms with van der Waals surface area (Å²) in [5.41, 5.74) is 3.10. The maximum atomic E-state index is 13.1. The molecule has 0 N–H and O–H groups in total. The van der Waals surface area contributed by atoms with Crippen LogP contribution in [0.4, 0.5) is 0 Å². The first-order valence-corrected chi connectivity index (χ1v) is 11.0. The van der Waals surface area contributed by atoms with Gasteiger partial charge in [-0.05, 0) is 49.4 Å². The highest BCUT2D eigenvalue weighted by Gasteiger charge is 2.41. The van der Waals surface area contributed by atoms with Crippen molar-refractivity contribution in [3.05, 3.63) is 65.2 Å². The lowest BCUT2D eigenvalue weighted by atomic mass is 10.0. The van der Waals surface area contributed by atoms with Crippen molar-refractivity contribution >= 4 is 22.8 Å². The summed E-state index contributed by atoms with van der Waals surface area (Å²) in [5, 5.41) is 0.778. The number of ether oxygens (including phenoxy) is 1. The molecule has 0 radical (unpaired) electrons. The Bertz CT molecular complexity index is 891. The number of carbonyl (C=O) groups is 1. The van der Waals surface area contributed by atoms with Crippen LogP contribution in [0.15, 0.2) is 53.5 Å². The van der Waals surface area contributed by atoms with Crippen molar-refractivity contribution in [3.63, 3.8) is 0 Å². The molecule has 1 heterocycles. The third-order valence-corrected chi connectivity index (χ3v) is 6.40. The van der Waals surface area contributed by atoms with Crippen molar-refractivity contribution in [2.75, 3.05) is 12.4 Å². The number of rotatable bonds is 6. The van der Waals surface area contributed by atoms with Gasteiger partial charge in [0.25, 0.3) is 5.91 Å². The van der Waals surface area contributed by atoms with E-state index in [1.807, 2.05) is 36.1 Å². The summed E-state index contributed by atoms with van der Waals surface area (Å²) in [6.45, 7) is 11.0. The maximum absolute atomic E-state index is 13.1. The van der Waals surface area contributed by atoms with Crippen molar-refractivity contribution in [1.29, 1.82) is 0 Å². The van der Waals surface area contributed by atoms with Crippen molar-refractivity contribution in [2.24, 2.45) is 4.99 Å². The van der Waals surface area contributed by atoms with Gasteiger partial charge in [-0.15, -0.1) is 0 Å². The Kier molecular flexibility index (Phi) is 6.68. The minimum absolute atomic E-state index is 0.0114. The Morgan fingerprint density at radius 3 is 2.62 bits per heavy atom. The molecule has 2 aromatic rings. The minimum Gasteiger partial charge on any atom is -0.483 e. The van der Waals surface area contributed by atoms with E-state index in [0.717, 1.165) is 33.4 Å². The molecule has 5 heteroatoms. The van der Waals surface area contributed by atoms with Gasteiger partial charge in [0.2, 0.25) is 0 Å². The van der Waals surface area contributed by atoms with Gasteiger partial charge in [-0.25, -0.2) is 0 Å². The molecule has 1 amide bonds. The van der Waals surface area contributed by atoms with Gasteiger partial charge in [-0.1, -0.05) is 68.1 Å². The van der Waals surface area contributed by atoms with E-state index < -0.39 is 0 Å². The van der Waals surface area contributed by atoms with Crippen molar-refractivity contribution in [3.8, 4) is 5.75 Å². The van der Waals surface area contributed by atoms with Crippen LogP contribution >= 0.6 is 11.8 Å². The standard InChI is InChI=1S/C24H30N2O2S/c1-17(2)20-12-11-18(3)13-21(20)28-15-22(27)26-23(29-16-24(26,4)5)25-14-19-9-7-6-8-10-19/h6-13,17H,14-16H2,1-5H3. The number of aliphatic imine (C=N–C) groups is 1. The monoisotopic (exact) mass is 410 g/mol. The summed E-state index contributed by atoms with van der Waals surface area (Å²) in [4.78, 5) is 19.7. The molecule has 0 atom stereocenters. The summed E-state index contributed by atoms with van der Waals surface area (Å²) in [6, 6.07) is 16.3. The van der Waals surface area contributed by atoms with E-state index in [1.165, 1.54) is 0 Å². The number of thioether (sulfide) groups is 1. The zero-order valence-electron chi connectivity index (χ0n) is 17.9. The van der Waals surface area contributed by atoms with Gasteiger partial charge in [0, 0.05) is 5.75 Å². The number of benzene rings is 2. The number of hydrogen-bond acceptors (Lipinski definition) is 4. The number of aryl methyl sites for hydroxylation is 1. The average molecular weight is 411 g/mol. The molecule has 0 saturated carbocycles. The number of nitrogens with zero attached hydrogens (tertiary/aromatic N) is 2. The molecule has 1 aliphatic heterocycles. The van der Waals surface area contributed by atoms with Crippen molar-refractivity contribution in [1.82, 2.24) is 4.90 Å². The second-order valence-corrected chi connectivity index (χ2v) is 9.34. The van der Waals surface area contributed by atoms with Crippen LogP contribution in [-0.4, -0.2) is 33.9 Å². The summed E-state index contributed by atoms with van der Waals surface area (Å²) in [6.07, 6.45) is 0. The fourth-order valence-electron chi connectivity index (χ4n) is 3.38. The smallest absolute Gasteiger partial charge is 0.266 e. The van der Waals surface area contributed by atoms with E-state index in [9.17, 15) is 4.79 Å². The first-order valence-electron chi connectivity index (χ1n) is 10.1. The number of amides is 1. The van der Waals surface area contributed by atoms with Gasteiger partial charge in [0.1, 0.15) is 5.75 Å². The first kappa shape index (κ1) is 21.4. The lowest BCUT2D eigenvalue weighted by molar-refractivity contribution is -0.132. The Labute approximate surface area is 178 Å². The highest BCUT2D eigenvalue weighted by Crippen LogP contribution is 2.34. The van der Waals surface area contributed by atoms with E-state index in [-0.39, 0.29) is 18.1 Å². The zero-order valence-corrected chi connectivity index (χ0v) is 18.8. The molecule has 154 valence electrons. The van der Waals surface area contributed by atoms with E-state index in [0.29, 0.717) is 12.5 Å². The highest BCUT2D eigenvalue weighted by atomic mass is 32.2. The molecule has 0 aliphatic carbocycles. The van der Waals surface area contributed by atoms with Gasteiger partial charge in [0.15, 0.2) is 11.8 Å². The molecule has 0 unspecified atom stereocenters. The molecular formula is C24H30N2O2S. The molecule has 1 saturated heterocycles.